The van der Waals surface area contributed by atoms with Gasteiger partial charge in [-0.3, -0.25) is 4.79 Å². The summed E-state index contributed by atoms with van der Waals surface area (Å²) in [6.45, 7) is 0. The Morgan fingerprint density at radius 1 is 1.05 bits per heavy atom. The molecular weight excluding hydrogens is 324 g/mol. The molecule has 1 aliphatic rings. The quantitative estimate of drug-likeness (QED) is 0.527. The summed E-state index contributed by atoms with van der Waals surface area (Å²) in [6.07, 6.45) is 1.91. The number of Topliss-reactive ketones (excluding diaryl/α,β-unsaturated/α-hetero) is 1. The van der Waals surface area contributed by atoms with Crippen molar-refractivity contribution in [1.29, 1.82) is 0 Å². The van der Waals surface area contributed by atoms with E-state index in [2.05, 4.69) is 15.9 Å². The zero-order valence-corrected chi connectivity index (χ0v) is 12.3. The van der Waals surface area contributed by atoms with Crippen molar-refractivity contribution >= 4 is 39.4 Å². The average Bonchev–Trinajstić information content (AvgIpc) is 2.67. The van der Waals surface area contributed by atoms with Gasteiger partial charge in [0, 0.05) is 16.2 Å². The third kappa shape index (κ3) is 2.26. The van der Waals surface area contributed by atoms with E-state index in [1.54, 1.807) is 0 Å². The number of carbonyl (C=O) groups is 1. The van der Waals surface area contributed by atoms with Gasteiger partial charge in [0.05, 0.1) is 4.83 Å². The van der Waals surface area contributed by atoms with Gasteiger partial charge in [0.1, 0.15) is 0 Å². The fraction of sp³-hybridized carbons (Fsp3) is 0.0625. The third-order valence-corrected chi connectivity index (χ3v) is 4.44. The molecule has 1 unspecified atom stereocenters. The van der Waals surface area contributed by atoms with Crippen LogP contribution in [0.1, 0.15) is 26.3 Å². The normalized spacial score (nSPS) is 19.8. The van der Waals surface area contributed by atoms with Crippen molar-refractivity contribution < 1.29 is 4.79 Å². The van der Waals surface area contributed by atoms with Crippen molar-refractivity contribution in [2.45, 2.75) is 4.83 Å². The fourth-order valence-electron chi connectivity index (χ4n) is 2.24. The van der Waals surface area contributed by atoms with Crippen molar-refractivity contribution in [3.8, 4) is 0 Å². The Hall–Kier alpha value is -1.38. The van der Waals surface area contributed by atoms with Crippen LogP contribution in [0.25, 0.3) is 6.08 Å². The van der Waals surface area contributed by atoms with Crippen LogP contribution in [0.3, 0.4) is 0 Å². The van der Waals surface area contributed by atoms with Gasteiger partial charge in [-0.15, -0.1) is 0 Å². The maximum atomic E-state index is 12.4. The first-order valence-electron chi connectivity index (χ1n) is 5.91. The Balaban J connectivity index is 2.04. The minimum absolute atomic E-state index is 0.0353. The van der Waals surface area contributed by atoms with Crippen molar-refractivity contribution in [2.24, 2.45) is 0 Å². The summed E-state index contributed by atoms with van der Waals surface area (Å²) in [6, 6.07) is 15.2. The lowest BCUT2D eigenvalue weighted by atomic mass is 10.1. The maximum Gasteiger partial charge on any atom is 0.190 e. The first-order valence-corrected chi connectivity index (χ1v) is 7.21. The first kappa shape index (κ1) is 12.6. The Labute approximate surface area is 125 Å². The van der Waals surface area contributed by atoms with Crippen molar-refractivity contribution in [3.05, 3.63) is 75.8 Å². The summed E-state index contributed by atoms with van der Waals surface area (Å²) >= 11 is 9.46. The van der Waals surface area contributed by atoms with Gasteiger partial charge >= 0.3 is 0 Å². The number of hydrogen-bond donors (Lipinski definition) is 0. The molecule has 0 amide bonds. The van der Waals surface area contributed by atoms with E-state index < -0.39 is 0 Å². The van der Waals surface area contributed by atoms with Crippen LogP contribution in [-0.4, -0.2) is 5.78 Å². The second-order valence-corrected chi connectivity index (χ2v) is 5.78. The topological polar surface area (TPSA) is 17.1 Å². The SMILES string of the molecule is O=C1/C(=C/c2ccc(Cl)cc2)C(Br)c2ccccc21. The summed E-state index contributed by atoms with van der Waals surface area (Å²) in [5.41, 5.74) is 3.56. The molecule has 0 heterocycles. The summed E-state index contributed by atoms with van der Waals surface area (Å²) in [5.74, 6) is 0.0902. The van der Waals surface area contributed by atoms with E-state index >= 15 is 0 Å². The number of allylic oxidation sites excluding steroid dienone is 1. The molecule has 2 aromatic carbocycles. The van der Waals surface area contributed by atoms with Crippen LogP contribution in [-0.2, 0) is 0 Å². The van der Waals surface area contributed by atoms with Crippen LogP contribution in [0, 0.1) is 0 Å². The molecule has 2 aromatic rings. The Morgan fingerprint density at radius 2 is 1.74 bits per heavy atom. The summed E-state index contributed by atoms with van der Waals surface area (Å²) < 4.78 is 0. The van der Waals surface area contributed by atoms with Crippen LogP contribution in [0.4, 0.5) is 0 Å². The highest BCUT2D eigenvalue weighted by Gasteiger charge is 2.32. The number of hydrogen-bond acceptors (Lipinski definition) is 1. The smallest absolute Gasteiger partial charge is 0.190 e. The molecule has 3 heteroatoms. The van der Waals surface area contributed by atoms with E-state index in [-0.39, 0.29) is 10.6 Å². The zero-order chi connectivity index (χ0) is 13.4. The number of ketones is 1. The molecule has 1 nitrogen and oxygen atoms in total. The molecule has 0 N–H and O–H groups in total. The molecular formula is C16H10BrClO. The molecule has 0 aromatic heterocycles. The standard InChI is InChI=1S/C16H10BrClO/c17-15-12-3-1-2-4-13(12)16(19)14(15)9-10-5-7-11(18)8-6-10/h1-9,15H/b14-9+. The summed E-state index contributed by atoms with van der Waals surface area (Å²) in [5, 5.41) is 0.693. The van der Waals surface area contributed by atoms with Crippen LogP contribution in [0.2, 0.25) is 5.02 Å². The minimum Gasteiger partial charge on any atom is -0.289 e. The van der Waals surface area contributed by atoms with E-state index in [1.165, 1.54) is 0 Å². The minimum atomic E-state index is -0.0353. The number of benzene rings is 2. The monoisotopic (exact) mass is 332 g/mol. The largest absolute Gasteiger partial charge is 0.289 e. The molecule has 94 valence electrons. The van der Waals surface area contributed by atoms with Crippen LogP contribution in [0.15, 0.2) is 54.1 Å². The number of fused-ring (bicyclic) bond motifs is 1. The van der Waals surface area contributed by atoms with Crippen LogP contribution in [0.5, 0.6) is 0 Å². The van der Waals surface area contributed by atoms with E-state index in [0.29, 0.717) is 5.02 Å². The molecule has 0 saturated heterocycles. The number of carbonyl (C=O) groups excluding carboxylic acids is 1. The van der Waals surface area contributed by atoms with Crippen LogP contribution < -0.4 is 0 Å². The van der Waals surface area contributed by atoms with Gasteiger partial charge in [-0.1, -0.05) is 63.9 Å². The van der Waals surface area contributed by atoms with Gasteiger partial charge in [-0.2, -0.15) is 0 Å². The molecule has 0 spiro atoms. The Bertz CT molecular complexity index is 673. The Kier molecular flexibility index (Phi) is 3.29. The van der Waals surface area contributed by atoms with E-state index in [9.17, 15) is 4.79 Å². The van der Waals surface area contributed by atoms with Crippen molar-refractivity contribution in [1.82, 2.24) is 0 Å². The van der Waals surface area contributed by atoms with Crippen molar-refractivity contribution in [2.75, 3.05) is 0 Å². The van der Waals surface area contributed by atoms with Crippen molar-refractivity contribution in [3.63, 3.8) is 0 Å². The van der Waals surface area contributed by atoms with E-state index in [4.69, 9.17) is 11.6 Å². The Morgan fingerprint density at radius 3 is 2.42 bits per heavy atom. The molecule has 3 rings (SSSR count). The van der Waals surface area contributed by atoms with Gasteiger partial charge < -0.3 is 0 Å². The molecule has 1 aliphatic carbocycles. The van der Waals surface area contributed by atoms with Crippen LogP contribution >= 0.6 is 27.5 Å². The van der Waals surface area contributed by atoms with Gasteiger partial charge in [-0.25, -0.2) is 0 Å². The van der Waals surface area contributed by atoms with Gasteiger partial charge in [0.2, 0.25) is 0 Å². The molecule has 0 fully saturated rings. The highest BCUT2D eigenvalue weighted by Crippen LogP contribution is 2.42. The molecule has 0 aliphatic heterocycles. The molecule has 0 bridgehead atoms. The second-order valence-electron chi connectivity index (χ2n) is 4.43. The third-order valence-electron chi connectivity index (χ3n) is 3.21. The molecule has 0 saturated carbocycles. The fourth-order valence-corrected chi connectivity index (χ4v) is 3.11. The van der Waals surface area contributed by atoms with E-state index in [1.807, 2.05) is 54.6 Å². The second kappa shape index (κ2) is 4.95. The first-order chi connectivity index (χ1) is 9.16. The predicted octanol–water partition coefficient (Wildman–Crippen LogP) is 5.06. The van der Waals surface area contributed by atoms with E-state index in [0.717, 1.165) is 22.3 Å². The van der Waals surface area contributed by atoms with Gasteiger partial charge in [0.25, 0.3) is 0 Å². The summed E-state index contributed by atoms with van der Waals surface area (Å²) in [4.78, 5) is 12.3. The molecule has 19 heavy (non-hydrogen) atoms. The highest BCUT2D eigenvalue weighted by atomic mass is 79.9. The highest BCUT2D eigenvalue weighted by molar-refractivity contribution is 9.09. The maximum absolute atomic E-state index is 12.4. The number of halogens is 2. The predicted molar refractivity (Wildman–Crippen MR) is 81.9 cm³/mol. The zero-order valence-electron chi connectivity index (χ0n) is 9.94. The van der Waals surface area contributed by atoms with Gasteiger partial charge in [-0.05, 0) is 29.3 Å². The summed E-state index contributed by atoms with van der Waals surface area (Å²) in [7, 11) is 0. The lowest BCUT2D eigenvalue weighted by molar-refractivity contribution is 0.104. The molecule has 1 atom stereocenters. The van der Waals surface area contributed by atoms with Gasteiger partial charge in [0.15, 0.2) is 5.78 Å². The molecule has 0 radical (unpaired) electrons. The lowest BCUT2D eigenvalue weighted by Gasteiger charge is -2.03. The number of rotatable bonds is 1. The average molecular weight is 334 g/mol. The number of alkyl halides is 1. The lowest BCUT2D eigenvalue weighted by Crippen LogP contribution is -1.95.